The number of nitrogens with one attached hydrogen (secondary N) is 1. The summed E-state index contributed by atoms with van der Waals surface area (Å²) in [6.07, 6.45) is 1.70. The molecule has 26 heavy (non-hydrogen) atoms. The van der Waals surface area contributed by atoms with Crippen LogP contribution >= 0.6 is 23.7 Å². The Labute approximate surface area is 159 Å². The van der Waals surface area contributed by atoms with E-state index in [2.05, 4.69) is 20.5 Å². The lowest BCUT2D eigenvalue weighted by Crippen LogP contribution is -2.14. The number of pyridine rings is 1. The molecule has 134 valence electrons. The van der Waals surface area contributed by atoms with Crippen LogP contribution in [0.3, 0.4) is 0 Å². The number of thioether (sulfide) groups is 1. The number of nitrogens with zero attached hydrogens (tertiary/aromatic N) is 4. The molecular weight excluding hydrogens is 368 g/mol. The molecule has 0 aliphatic heterocycles. The highest BCUT2D eigenvalue weighted by Crippen LogP contribution is 2.24. The van der Waals surface area contributed by atoms with Crippen molar-refractivity contribution in [3.8, 4) is 11.5 Å². The molecule has 0 atom stereocenters. The average Bonchev–Trinajstić information content (AvgIpc) is 3.10. The van der Waals surface area contributed by atoms with Gasteiger partial charge in [-0.05, 0) is 43.1 Å². The molecule has 2 heterocycles. The normalized spacial score (nSPS) is 10.7. The van der Waals surface area contributed by atoms with Gasteiger partial charge in [-0.2, -0.15) is 0 Å². The topological polar surface area (TPSA) is 98.7 Å². The number of hydrogen-bond acceptors (Lipinski definition) is 7. The van der Waals surface area contributed by atoms with E-state index in [0.29, 0.717) is 17.5 Å². The maximum absolute atomic E-state index is 12.1. The number of anilines is 1. The van der Waals surface area contributed by atoms with Crippen LogP contribution in [0.25, 0.3) is 11.5 Å². The van der Waals surface area contributed by atoms with Crippen LogP contribution in [0.2, 0.25) is 0 Å². The fourth-order valence-electron chi connectivity index (χ4n) is 2.30. The molecule has 0 aliphatic carbocycles. The van der Waals surface area contributed by atoms with Crippen LogP contribution in [0, 0.1) is 0 Å². The molecule has 0 fully saturated rings. The minimum atomic E-state index is -0.0872. The van der Waals surface area contributed by atoms with Gasteiger partial charge in [-0.1, -0.05) is 30.0 Å². The lowest BCUT2D eigenvalue weighted by molar-refractivity contribution is -0.113. The lowest BCUT2D eigenvalue weighted by Gasteiger charge is -2.07. The quantitative estimate of drug-likeness (QED) is 0.475. The highest BCUT2D eigenvalue weighted by Gasteiger charge is 2.15. The molecule has 0 spiro atoms. The minimum Gasteiger partial charge on any atom is -0.325 e. The van der Waals surface area contributed by atoms with Crippen LogP contribution in [0.5, 0.6) is 0 Å². The van der Waals surface area contributed by atoms with Crippen molar-refractivity contribution in [1.82, 2.24) is 19.7 Å². The van der Waals surface area contributed by atoms with E-state index in [9.17, 15) is 4.79 Å². The largest absolute Gasteiger partial charge is 0.325 e. The van der Waals surface area contributed by atoms with Gasteiger partial charge in [0.2, 0.25) is 5.91 Å². The predicted molar refractivity (Wildman–Crippen MR) is 105 cm³/mol. The second kappa shape index (κ2) is 8.84. The summed E-state index contributed by atoms with van der Waals surface area (Å²) >= 11 is 2.49. The zero-order chi connectivity index (χ0) is 18.4. The molecule has 9 heteroatoms. The Morgan fingerprint density at radius 2 is 2.00 bits per heavy atom. The van der Waals surface area contributed by atoms with Crippen LogP contribution < -0.4 is 10.5 Å². The molecule has 0 bridgehead atoms. The number of nitrogens with two attached hydrogens (primary N) is 1. The Morgan fingerprint density at radius 1 is 1.19 bits per heavy atom. The molecule has 0 unspecified atom stereocenters. The highest BCUT2D eigenvalue weighted by atomic mass is 32.2. The zero-order valence-electron chi connectivity index (χ0n) is 14.1. The maximum atomic E-state index is 12.1. The summed E-state index contributed by atoms with van der Waals surface area (Å²) in [6.45, 7) is 2.69. The fourth-order valence-corrected chi connectivity index (χ4v) is 3.36. The summed E-state index contributed by atoms with van der Waals surface area (Å²) in [7, 11) is 0. The van der Waals surface area contributed by atoms with Crippen molar-refractivity contribution < 1.29 is 4.79 Å². The van der Waals surface area contributed by atoms with Gasteiger partial charge in [0.05, 0.1) is 5.75 Å². The molecule has 3 aromatic rings. The van der Waals surface area contributed by atoms with Gasteiger partial charge in [0.15, 0.2) is 11.0 Å². The number of hydrogen-bond donors (Lipinski definition) is 2. The van der Waals surface area contributed by atoms with E-state index in [0.717, 1.165) is 28.2 Å². The Kier molecular flexibility index (Phi) is 6.26. The van der Waals surface area contributed by atoms with E-state index in [4.69, 9.17) is 5.14 Å². The first-order valence-corrected chi connectivity index (χ1v) is 9.82. The van der Waals surface area contributed by atoms with Crippen LogP contribution in [0.1, 0.15) is 6.92 Å². The average molecular weight is 387 g/mol. The Bertz CT molecular complexity index is 867. The predicted octanol–water partition coefficient (Wildman–Crippen LogP) is 3.06. The zero-order valence-corrected chi connectivity index (χ0v) is 15.8. The van der Waals surface area contributed by atoms with E-state index in [1.54, 1.807) is 6.20 Å². The minimum absolute atomic E-state index is 0.0872. The third-order valence-corrected chi connectivity index (χ3v) is 5.00. The van der Waals surface area contributed by atoms with Crippen molar-refractivity contribution in [2.75, 3.05) is 11.1 Å². The van der Waals surface area contributed by atoms with E-state index in [-0.39, 0.29) is 11.7 Å². The maximum Gasteiger partial charge on any atom is 0.234 e. The van der Waals surface area contributed by atoms with Crippen LogP contribution in [-0.2, 0) is 11.3 Å². The number of para-hydroxylation sites is 1. The summed E-state index contributed by atoms with van der Waals surface area (Å²) in [5, 5.41) is 17.5. The van der Waals surface area contributed by atoms with Crippen molar-refractivity contribution in [3.63, 3.8) is 0 Å². The molecule has 1 aromatic carbocycles. The second-order valence-electron chi connectivity index (χ2n) is 5.25. The SMILES string of the molecule is CCn1c(SCC(=O)Nc2ccccc2)nnc1-c1ccc(SN)cn1. The van der Waals surface area contributed by atoms with Crippen LogP contribution in [-0.4, -0.2) is 31.4 Å². The smallest absolute Gasteiger partial charge is 0.234 e. The fraction of sp³-hybridized carbons (Fsp3) is 0.176. The molecule has 0 radical (unpaired) electrons. The van der Waals surface area contributed by atoms with E-state index < -0.39 is 0 Å². The number of carbonyl (C=O) groups is 1. The number of carbonyl (C=O) groups excluding carboxylic acids is 1. The van der Waals surface area contributed by atoms with Crippen molar-refractivity contribution in [2.24, 2.45) is 5.14 Å². The number of aromatic nitrogens is 4. The second-order valence-corrected chi connectivity index (χ2v) is 6.90. The molecule has 0 saturated heterocycles. The van der Waals surface area contributed by atoms with Gasteiger partial charge in [0.1, 0.15) is 5.69 Å². The first-order chi connectivity index (χ1) is 12.7. The standard InChI is InChI=1S/C17H18N6OS2/c1-2-23-16(14-9-8-13(26-18)10-19-14)21-22-17(23)25-11-15(24)20-12-6-4-3-5-7-12/h3-10H,2,11,18H2,1H3,(H,20,24). The Balaban J connectivity index is 1.68. The first kappa shape index (κ1) is 18.4. The molecule has 3 N–H and O–H groups in total. The molecule has 3 rings (SSSR count). The van der Waals surface area contributed by atoms with E-state index in [1.165, 1.54) is 11.8 Å². The van der Waals surface area contributed by atoms with Crippen LogP contribution in [0.4, 0.5) is 5.69 Å². The van der Waals surface area contributed by atoms with E-state index >= 15 is 0 Å². The Hall–Kier alpha value is -2.36. The van der Waals surface area contributed by atoms with Gasteiger partial charge in [0, 0.05) is 23.3 Å². The van der Waals surface area contributed by atoms with Crippen molar-refractivity contribution >= 4 is 35.3 Å². The summed E-state index contributed by atoms with van der Waals surface area (Å²) in [5.41, 5.74) is 1.50. The summed E-state index contributed by atoms with van der Waals surface area (Å²) in [5.74, 6) is 0.839. The number of benzene rings is 1. The molecule has 1 amide bonds. The monoisotopic (exact) mass is 386 g/mol. The van der Waals surface area contributed by atoms with Gasteiger partial charge >= 0.3 is 0 Å². The third-order valence-electron chi connectivity index (χ3n) is 3.52. The van der Waals surface area contributed by atoms with Gasteiger partial charge in [-0.15, -0.1) is 10.2 Å². The molecule has 2 aromatic heterocycles. The van der Waals surface area contributed by atoms with Crippen molar-refractivity contribution in [1.29, 1.82) is 0 Å². The summed E-state index contributed by atoms with van der Waals surface area (Å²) < 4.78 is 1.94. The summed E-state index contributed by atoms with van der Waals surface area (Å²) in [4.78, 5) is 17.4. The molecule has 0 saturated carbocycles. The third kappa shape index (κ3) is 4.43. The van der Waals surface area contributed by atoms with Crippen molar-refractivity contribution in [3.05, 3.63) is 48.7 Å². The highest BCUT2D eigenvalue weighted by molar-refractivity contribution is 7.99. The Morgan fingerprint density at radius 3 is 2.65 bits per heavy atom. The summed E-state index contributed by atoms with van der Waals surface area (Å²) in [6, 6.07) is 13.1. The lowest BCUT2D eigenvalue weighted by atomic mass is 10.3. The number of amides is 1. The molecule has 7 nitrogen and oxygen atoms in total. The van der Waals surface area contributed by atoms with E-state index in [1.807, 2.05) is 54.0 Å². The first-order valence-electron chi connectivity index (χ1n) is 7.95. The van der Waals surface area contributed by atoms with Crippen molar-refractivity contribution in [2.45, 2.75) is 23.5 Å². The van der Waals surface area contributed by atoms with Gasteiger partial charge < -0.3 is 9.88 Å². The molecular formula is C17H18N6OS2. The number of rotatable bonds is 7. The van der Waals surface area contributed by atoms with Gasteiger partial charge in [-0.25, -0.2) is 0 Å². The van der Waals surface area contributed by atoms with Crippen LogP contribution in [0.15, 0.2) is 58.7 Å². The molecule has 0 aliphatic rings. The van der Waals surface area contributed by atoms with Gasteiger partial charge in [-0.3, -0.25) is 14.9 Å². The van der Waals surface area contributed by atoms with Gasteiger partial charge in [0.25, 0.3) is 0 Å².